The molecule has 0 amide bonds. The molecule has 0 N–H and O–H groups in total. The third-order valence-corrected chi connectivity index (χ3v) is 2.59. The first-order valence-electron chi connectivity index (χ1n) is 4.73. The van der Waals surface area contributed by atoms with Gasteiger partial charge in [-0.15, -0.1) is 10.2 Å². The molecule has 2 heterocycles. The number of aromatic nitrogens is 5. The van der Waals surface area contributed by atoms with Gasteiger partial charge in [-0.1, -0.05) is 17.7 Å². The molecule has 0 fully saturated rings. The maximum Gasteiger partial charge on any atom is 0.207 e. The highest BCUT2D eigenvalue weighted by atomic mass is 35.5. The van der Waals surface area contributed by atoms with E-state index in [1.54, 1.807) is 12.3 Å². The molecule has 2 aliphatic heterocycles. The van der Waals surface area contributed by atoms with Crippen molar-refractivity contribution in [2.75, 3.05) is 0 Å². The number of halogens is 2. The second-order valence-electron chi connectivity index (χ2n) is 3.35. The van der Waals surface area contributed by atoms with Crippen molar-refractivity contribution in [1.29, 1.82) is 0 Å². The first kappa shape index (κ1) is 10.1. The van der Waals surface area contributed by atoms with Gasteiger partial charge in [0.15, 0.2) is 5.69 Å². The van der Waals surface area contributed by atoms with E-state index in [1.165, 1.54) is 23.0 Å². The van der Waals surface area contributed by atoms with Gasteiger partial charge in [0.2, 0.25) is 5.82 Å². The smallest absolute Gasteiger partial charge is 0.207 e. The summed E-state index contributed by atoms with van der Waals surface area (Å²) in [6, 6.07) is 4.47. The molecule has 1 aromatic carbocycles. The van der Waals surface area contributed by atoms with Crippen molar-refractivity contribution >= 4 is 11.6 Å². The quantitative estimate of drug-likeness (QED) is 0.661. The maximum absolute atomic E-state index is 13.7. The largest absolute Gasteiger partial charge is 0.301 e. The van der Waals surface area contributed by atoms with Crippen LogP contribution in [-0.4, -0.2) is 25.0 Å². The fourth-order valence-corrected chi connectivity index (χ4v) is 1.78. The molecule has 0 unspecified atom stereocenters. The van der Waals surface area contributed by atoms with Crippen molar-refractivity contribution in [3.8, 4) is 17.2 Å². The Morgan fingerprint density at radius 1 is 1.24 bits per heavy atom. The van der Waals surface area contributed by atoms with Crippen LogP contribution in [0.25, 0.3) is 17.2 Å². The van der Waals surface area contributed by atoms with Crippen LogP contribution in [0.4, 0.5) is 4.39 Å². The minimum atomic E-state index is -0.434. The highest BCUT2D eigenvalue weighted by Gasteiger charge is 2.13. The predicted octanol–water partition coefficient (Wildman–Crippen LogP) is 1.95. The minimum absolute atomic E-state index is 0.228. The number of hydrogen-bond acceptors (Lipinski definition) is 4. The molecule has 0 atom stereocenters. The van der Waals surface area contributed by atoms with E-state index in [9.17, 15) is 4.39 Å². The van der Waals surface area contributed by atoms with Crippen LogP contribution in [0.3, 0.4) is 0 Å². The second-order valence-corrected chi connectivity index (χ2v) is 3.76. The van der Waals surface area contributed by atoms with Gasteiger partial charge in [0.25, 0.3) is 0 Å². The zero-order chi connectivity index (χ0) is 11.8. The van der Waals surface area contributed by atoms with Crippen molar-refractivity contribution in [1.82, 2.24) is 25.0 Å². The van der Waals surface area contributed by atoms with Gasteiger partial charge in [0.05, 0.1) is 5.02 Å². The summed E-state index contributed by atoms with van der Waals surface area (Å²) >= 11 is 5.95. The van der Waals surface area contributed by atoms with Gasteiger partial charge in [-0.2, -0.15) is 0 Å². The zero-order valence-electron chi connectivity index (χ0n) is 8.38. The Hall–Kier alpha value is -2.08. The minimum Gasteiger partial charge on any atom is -0.301 e. The first-order valence-corrected chi connectivity index (χ1v) is 5.11. The van der Waals surface area contributed by atoms with Gasteiger partial charge in [-0.25, -0.2) is 9.37 Å². The number of benzene rings is 1. The topological polar surface area (TPSA) is 56.5 Å². The molecule has 7 heteroatoms. The highest BCUT2D eigenvalue weighted by Crippen LogP contribution is 2.24. The SMILES string of the molecule is Fc1cccc(Cl)c1-n1cnc2nnnc-2c1. The van der Waals surface area contributed by atoms with E-state index >= 15 is 0 Å². The average Bonchev–Trinajstić information content (AvgIpc) is 2.76. The normalized spacial score (nSPS) is 10.9. The number of hydrogen-bond donors (Lipinski definition) is 0. The average molecular weight is 250 g/mol. The summed E-state index contributed by atoms with van der Waals surface area (Å²) in [5, 5.41) is 11.2. The molecular weight excluding hydrogens is 245 g/mol. The third-order valence-electron chi connectivity index (χ3n) is 2.28. The van der Waals surface area contributed by atoms with E-state index in [0.717, 1.165) is 0 Å². The van der Waals surface area contributed by atoms with Gasteiger partial charge in [0.1, 0.15) is 17.8 Å². The maximum atomic E-state index is 13.7. The lowest BCUT2D eigenvalue weighted by Crippen LogP contribution is -2.02. The van der Waals surface area contributed by atoms with Gasteiger partial charge in [-0.3, -0.25) is 0 Å². The van der Waals surface area contributed by atoms with Crippen LogP contribution in [0.1, 0.15) is 0 Å². The summed E-state index contributed by atoms with van der Waals surface area (Å²) in [7, 11) is 0. The Labute approximate surface area is 100 Å². The monoisotopic (exact) mass is 249 g/mol. The number of rotatable bonds is 1. The molecule has 0 saturated carbocycles. The second kappa shape index (κ2) is 3.74. The van der Waals surface area contributed by atoms with Gasteiger partial charge < -0.3 is 4.57 Å². The summed E-state index contributed by atoms with van der Waals surface area (Å²) in [5.41, 5.74) is 0.707. The molecule has 2 aliphatic rings. The van der Waals surface area contributed by atoms with Crippen molar-refractivity contribution in [2.24, 2.45) is 0 Å². The number of para-hydroxylation sites is 1. The van der Waals surface area contributed by atoms with Crippen LogP contribution in [-0.2, 0) is 0 Å². The van der Waals surface area contributed by atoms with Crippen LogP contribution >= 0.6 is 11.6 Å². The van der Waals surface area contributed by atoms with Gasteiger partial charge >= 0.3 is 0 Å². The Balaban J connectivity index is 2.25. The number of nitrogens with zero attached hydrogens (tertiary/aromatic N) is 5. The van der Waals surface area contributed by atoms with Crippen molar-refractivity contribution in [3.63, 3.8) is 0 Å². The predicted molar refractivity (Wildman–Crippen MR) is 58.5 cm³/mol. The fourth-order valence-electron chi connectivity index (χ4n) is 1.52. The van der Waals surface area contributed by atoms with Crippen LogP contribution in [0, 0.1) is 5.82 Å². The summed E-state index contributed by atoms with van der Waals surface area (Å²) in [4.78, 5) is 4.00. The third kappa shape index (κ3) is 1.62. The molecule has 0 radical (unpaired) electrons. The van der Waals surface area contributed by atoms with E-state index < -0.39 is 5.82 Å². The Morgan fingerprint density at radius 3 is 2.94 bits per heavy atom. The van der Waals surface area contributed by atoms with E-state index in [4.69, 9.17) is 11.6 Å². The Kier molecular flexibility index (Phi) is 2.22. The molecule has 0 aromatic heterocycles. The van der Waals surface area contributed by atoms with Crippen LogP contribution in [0.15, 0.2) is 30.7 Å². The van der Waals surface area contributed by atoms with Crippen LogP contribution in [0.5, 0.6) is 0 Å². The molecule has 0 saturated heterocycles. The van der Waals surface area contributed by atoms with Crippen molar-refractivity contribution in [3.05, 3.63) is 41.6 Å². The Morgan fingerprint density at radius 2 is 2.12 bits per heavy atom. The standard InChI is InChI=1S/C10H5ClFN5/c11-6-2-1-3-7(12)9(6)17-4-8-10(13-5-17)15-16-14-8/h1-5H. The molecule has 0 bridgehead atoms. The lowest BCUT2D eigenvalue weighted by Gasteiger charge is -2.09. The summed E-state index contributed by atoms with van der Waals surface area (Å²) < 4.78 is 15.1. The Bertz CT molecular complexity index is 633. The van der Waals surface area contributed by atoms with Crippen LogP contribution < -0.4 is 0 Å². The molecule has 5 nitrogen and oxygen atoms in total. The van der Waals surface area contributed by atoms with Crippen molar-refractivity contribution < 1.29 is 4.39 Å². The van der Waals surface area contributed by atoms with Gasteiger partial charge in [-0.05, 0) is 17.3 Å². The molecule has 84 valence electrons. The summed E-state index contributed by atoms with van der Waals surface area (Å²) in [6.45, 7) is 0. The van der Waals surface area contributed by atoms with E-state index in [-0.39, 0.29) is 5.69 Å². The first-order chi connectivity index (χ1) is 8.25. The zero-order valence-corrected chi connectivity index (χ0v) is 9.13. The summed E-state index contributed by atoms with van der Waals surface area (Å²) in [5.74, 6) is -0.0233. The van der Waals surface area contributed by atoms with E-state index in [2.05, 4.69) is 20.4 Å². The molecule has 1 aromatic rings. The molecule has 17 heavy (non-hydrogen) atoms. The van der Waals surface area contributed by atoms with Gasteiger partial charge in [0, 0.05) is 6.20 Å². The summed E-state index contributed by atoms with van der Waals surface area (Å²) in [6.07, 6.45) is 3.00. The van der Waals surface area contributed by atoms with Crippen molar-refractivity contribution in [2.45, 2.75) is 0 Å². The molecule has 3 rings (SSSR count). The van der Waals surface area contributed by atoms with E-state index in [1.807, 2.05) is 0 Å². The fraction of sp³-hybridized carbons (Fsp3) is 0. The highest BCUT2D eigenvalue weighted by molar-refractivity contribution is 6.32. The molecular formula is C10H5ClFN5. The molecule has 0 spiro atoms. The molecule has 0 aliphatic carbocycles. The lowest BCUT2D eigenvalue weighted by molar-refractivity contribution is 0.617. The van der Waals surface area contributed by atoms with Crippen LogP contribution in [0.2, 0.25) is 5.02 Å². The van der Waals surface area contributed by atoms with E-state index in [0.29, 0.717) is 16.5 Å². The lowest BCUT2D eigenvalue weighted by atomic mass is 10.3. The number of fused-ring (bicyclic) bond motifs is 1.